The number of fused-ring (bicyclic) bond motifs is 2. The monoisotopic (exact) mass is 334 g/mol. The predicted molar refractivity (Wildman–Crippen MR) is 91.9 cm³/mol. The maximum atomic E-state index is 13.8. The molecule has 0 spiro atoms. The van der Waals surface area contributed by atoms with E-state index in [1.54, 1.807) is 6.07 Å². The van der Waals surface area contributed by atoms with Gasteiger partial charge in [-0.2, -0.15) is 0 Å². The van der Waals surface area contributed by atoms with Crippen LogP contribution in [0.4, 0.5) is 10.1 Å². The van der Waals surface area contributed by atoms with Crippen molar-refractivity contribution in [2.75, 3.05) is 25.0 Å². The van der Waals surface area contributed by atoms with Crippen LogP contribution in [-0.4, -0.2) is 24.6 Å². The number of nitrogens with zero attached hydrogens (tertiary/aromatic N) is 1. The van der Waals surface area contributed by atoms with Gasteiger partial charge in [0.25, 0.3) is 0 Å². The van der Waals surface area contributed by atoms with Crippen LogP contribution in [0.1, 0.15) is 16.7 Å². The molecule has 4 rings (SSSR count). The molecule has 3 nitrogen and oxygen atoms in total. The highest BCUT2D eigenvalue weighted by atomic mass is 35.5. The number of ether oxygens (including phenoxy) is 1. The van der Waals surface area contributed by atoms with Crippen molar-refractivity contribution in [3.05, 3.63) is 58.9 Å². The number of para-hydroxylation sites is 2. The number of hydrogen-bond donors (Lipinski definition) is 1. The molecule has 2 aliphatic rings. The molecule has 0 saturated carbocycles. The molecule has 0 atom stereocenters. The fourth-order valence-corrected chi connectivity index (χ4v) is 3.35. The number of nitrogens with one attached hydrogen (secondary N) is 1. The van der Waals surface area contributed by atoms with Gasteiger partial charge in [0.2, 0.25) is 0 Å². The Morgan fingerprint density at radius 3 is 2.87 bits per heavy atom. The van der Waals surface area contributed by atoms with E-state index in [0.29, 0.717) is 12.4 Å². The summed E-state index contributed by atoms with van der Waals surface area (Å²) in [5.74, 6) is 0.156. The number of benzene rings is 2. The Kier molecular flexibility index (Phi) is 4.74. The van der Waals surface area contributed by atoms with Gasteiger partial charge in [0, 0.05) is 37.4 Å². The number of hydrogen-bond acceptors (Lipinski definition) is 3. The zero-order valence-electron chi connectivity index (χ0n) is 12.8. The Hall–Kier alpha value is -1.78. The minimum absolute atomic E-state index is 0. The highest BCUT2D eigenvalue weighted by Gasteiger charge is 2.20. The number of rotatable bonds is 2. The van der Waals surface area contributed by atoms with Gasteiger partial charge in [-0.05, 0) is 23.6 Å². The normalized spacial score (nSPS) is 16.4. The van der Waals surface area contributed by atoms with Crippen LogP contribution >= 0.6 is 12.4 Å². The molecule has 2 aromatic rings. The first-order valence-corrected chi connectivity index (χ1v) is 7.78. The minimum Gasteiger partial charge on any atom is -0.489 e. The SMILES string of the molecule is Cl.Fc1cccc2c1OCCN(Cc1cccc3c1NCC3)C2. The molecule has 1 N–H and O–H groups in total. The summed E-state index contributed by atoms with van der Waals surface area (Å²) in [5.41, 5.74) is 4.93. The highest BCUT2D eigenvalue weighted by molar-refractivity contribution is 5.85. The average molecular weight is 335 g/mol. The minimum atomic E-state index is -0.262. The molecule has 0 bridgehead atoms. The van der Waals surface area contributed by atoms with E-state index >= 15 is 0 Å². The molecule has 5 heteroatoms. The Balaban J connectivity index is 0.00000156. The second kappa shape index (κ2) is 6.77. The van der Waals surface area contributed by atoms with Crippen molar-refractivity contribution in [1.82, 2.24) is 4.90 Å². The zero-order valence-corrected chi connectivity index (χ0v) is 13.7. The third-order valence-electron chi connectivity index (χ3n) is 4.42. The van der Waals surface area contributed by atoms with Crippen LogP contribution in [0.5, 0.6) is 5.75 Å². The summed E-state index contributed by atoms with van der Waals surface area (Å²) in [5, 5.41) is 3.48. The van der Waals surface area contributed by atoms with Crippen molar-refractivity contribution in [2.45, 2.75) is 19.5 Å². The molecule has 2 heterocycles. The standard InChI is InChI=1S/C18H19FN2O.ClH/c19-16-6-2-5-15-12-21(9-10-22-18(15)16)11-14-4-1-3-13-7-8-20-17(13)14;/h1-6,20H,7-12H2;1H. The van der Waals surface area contributed by atoms with Crippen molar-refractivity contribution < 1.29 is 9.13 Å². The van der Waals surface area contributed by atoms with Crippen molar-refractivity contribution >= 4 is 18.1 Å². The first kappa shape index (κ1) is 16.1. The molecule has 0 amide bonds. The fourth-order valence-electron chi connectivity index (χ4n) is 3.35. The van der Waals surface area contributed by atoms with Gasteiger partial charge >= 0.3 is 0 Å². The average Bonchev–Trinajstić information content (AvgIpc) is 2.90. The van der Waals surface area contributed by atoms with Crippen LogP contribution in [0, 0.1) is 5.82 Å². The molecule has 0 unspecified atom stereocenters. The van der Waals surface area contributed by atoms with Gasteiger partial charge < -0.3 is 10.1 Å². The second-order valence-electron chi connectivity index (χ2n) is 5.92. The van der Waals surface area contributed by atoms with Gasteiger partial charge in [0.1, 0.15) is 6.61 Å². The van der Waals surface area contributed by atoms with Crippen molar-refractivity contribution in [1.29, 1.82) is 0 Å². The number of anilines is 1. The molecule has 122 valence electrons. The molecular formula is C18H20ClFN2O. The maximum absolute atomic E-state index is 13.8. The van der Waals surface area contributed by atoms with E-state index in [1.165, 1.54) is 22.9 Å². The molecule has 0 saturated heterocycles. The smallest absolute Gasteiger partial charge is 0.165 e. The van der Waals surface area contributed by atoms with Crippen molar-refractivity contribution in [3.8, 4) is 5.75 Å². The van der Waals surface area contributed by atoms with Crippen LogP contribution in [0.25, 0.3) is 0 Å². The maximum Gasteiger partial charge on any atom is 0.165 e. The molecule has 0 aliphatic carbocycles. The van der Waals surface area contributed by atoms with E-state index in [4.69, 9.17) is 4.74 Å². The molecule has 2 aromatic carbocycles. The molecular weight excluding hydrogens is 315 g/mol. The van der Waals surface area contributed by atoms with E-state index in [2.05, 4.69) is 28.4 Å². The van der Waals surface area contributed by atoms with E-state index in [-0.39, 0.29) is 18.2 Å². The zero-order chi connectivity index (χ0) is 14.9. The van der Waals surface area contributed by atoms with E-state index in [1.807, 2.05) is 6.07 Å². The topological polar surface area (TPSA) is 24.5 Å². The molecule has 23 heavy (non-hydrogen) atoms. The fraction of sp³-hybridized carbons (Fsp3) is 0.333. The van der Waals surface area contributed by atoms with Crippen LogP contribution in [-0.2, 0) is 19.5 Å². The lowest BCUT2D eigenvalue weighted by Gasteiger charge is -2.21. The quantitative estimate of drug-likeness (QED) is 0.908. The van der Waals surface area contributed by atoms with Gasteiger partial charge in [-0.25, -0.2) is 4.39 Å². The Morgan fingerprint density at radius 2 is 1.96 bits per heavy atom. The van der Waals surface area contributed by atoms with E-state index in [9.17, 15) is 4.39 Å². The number of halogens is 2. The third-order valence-corrected chi connectivity index (χ3v) is 4.42. The van der Waals surface area contributed by atoms with Gasteiger partial charge in [0.15, 0.2) is 11.6 Å². The highest BCUT2D eigenvalue weighted by Crippen LogP contribution is 2.30. The Labute approximate surface area is 141 Å². The summed E-state index contributed by atoms with van der Waals surface area (Å²) in [6.45, 7) is 3.92. The first-order chi connectivity index (χ1) is 10.8. The molecule has 2 aliphatic heterocycles. The summed E-state index contributed by atoms with van der Waals surface area (Å²) in [4.78, 5) is 2.32. The van der Waals surface area contributed by atoms with E-state index < -0.39 is 0 Å². The van der Waals surface area contributed by atoms with Gasteiger partial charge in [-0.1, -0.05) is 30.3 Å². The van der Waals surface area contributed by atoms with E-state index in [0.717, 1.165) is 38.2 Å². The molecule has 0 aromatic heterocycles. The Morgan fingerprint density at radius 1 is 1.13 bits per heavy atom. The molecule has 0 fully saturated rings. The lowest BCUT2D eigenvalue weighted by atomic mass is 10.1. The summed E-state index contributed by atoms with van der Waals surface area (Å²) in [6.07, 6.45) is 1.10. The van der Waals surface area contributed by atoms with Gasteiger partial charge in [0.05, 0.1) is 0 Å². The van der Waals surface area contributed by atoms with Gasteiger partial charge in [-0.3, -0.25) is 4.90 Å². The predicted octanol–water partition coefficient (Wildman–Crippen LogP) is 3.61. The summed E-state index contributed by atoms with van der Waals surface area (Å²) in [7, 11) is 0. The molecule has 0 radical (unpaired) electrons. The van der Waals surface area contributed by atoms with Gasteiger partial charge in [-0.15, -0.1) is 12.4 Å². The Bertz CT molecular complexity index is 707. The van der Waals surface area contributed by atoms with Crippen molar-refractivity contribution in [3.63, 3.8) is 0 Å². The van der Waals surface area contributed by atoms with Crippen molar-refractivity contribution in [2.24, 2.45) is 0 Å². The van der Waals surface area contributed by atoms with Crippen LogP contribution in [0.2, 0.25) is 0 Å². The largest absolute Gasteiger partial charge is 0.489 e. The summed E-state index contributed by atoms with van der Waals surface area (Å²) < 4.78 is 19.4. The van der Waals surface area contributed by atoms with Crippen LogP contribution in [0.15, 0.2) is 36.4 Å². The first-order valence-electron chi connectivity index (χ1n) is 7.78. The summed E-state index contributed by atoms with van der Waals surface area (Å²) in [6, 6.07) is 11.7. The lowest BCUT2D eigenvalue weighted by Crippen LogP contribution is -2.25. The second-order valence-corrected chi connectivity index (χ2v) is 5.92. The van der Waals surface area contributed by atoms with Crippen LogP contribution < -0.4 is 10.1 Å². The third kappa shape index (κ3) is 3.14. The van der Waals surface area contributed by atoms with Crippen LogP contribution in [0.3, 0.4) is 0 Å². The lowest BCUT2D eigenvalue weighted by molar-refractivity contribution is 0.217. The summed E-state index contributed by atoms with van der Waals surface area (Å²) >= 11 is 0.